The minimum atomic E-state index is 0.450. The molecule has 3 aromatic heterocycles. The number of aromatic nitrogens is 5. The van der Waals surface area contributed by atoms with Gasteiger partial charge in [-0.15, -0.1) is 0 Å². The van der Waals surface area contributed by atoms with Crippen molar-refractivity contribution in [2.45, 2.75) is 45.8 Å². The van der Waals surface area contributed by atoms with Crippen LogP contribution in [-0.2, 0) is 11.3 Å². The summed E-state index contributed by atoms with van der Waals surface area (Å²) in [6, 6.07) is 6.91. The molecule has 0 saturated carbocycles. The number of aryl methyl sites for hydroxylation is 2. The smallest absolute Gasteiger partial charge is 0.228 e. The summed E-state index contributed by atoms with van der Waals surface area (Å²) in [4.78, 5) is 16.8. The Morgan fingerprint density at radius 2 is 2.13 bits per heavy atom. The number of rotatable bonds is 7. The van der Waals surface area contributed by atoms with Crippen molar-refractivity contribution in [3.63, 3.8) is 0 Å². The number of anilines is 3. The Balaban J connectivity index is 1.59. The van der Waals surface area contributed by atoms with Crippen LogP contribution in [0.15, 0.2) is 18.2 Å². The van der Waals surface area contributed by atoms with Gasteiger partial charge < -0.3 is 20.3 Å². The van der Waals surface area contributed by atoms with Crippen LogP contribution < -0.4 is 15.5 Å². The number of fused-ring (bicyclic) bond motifs is 3. The lowest BCUT2D eigenvalue weighted by atomic mass is 10.2. The monoisotopic (exact) mass is 408 g/mol. The minimum absolute atomic E-state index is 0.450. The molecule has 9 nitrogen and oxygen atoms in total. The molecule has 0 spiro atoms. The zero-order chi connectivity index (χ0) is 20.7. The molecule has 2 saturated heterocycles. The fraction of sp³-hybridized carbons (Fsp3) is 0.524. The van der Waals surface area contributed by atoms with Gasteiger partial charge in [0, 0.05) is 37.5 Å². The molecule has 0 unspecified atom stereocenters. The highest BCUT2D eigenvalue weighted by Gasteiger charge is 2.39. The van der Waals surface area contributed by atoms with Gasteiger partial charge >= 0.3 is 0 Å². The van der Waals surface area contributed by atoms with Crippen molar-refractivity contribution in [2.24, 2.45) is 0 Å². The van der Waals surface area contributed by atoms with Gasteiger partial charge in [-0.3, -0.25) is 4.68 Å². The Kier molecular flexibility index (Phi) is 5.00. The number of piperazine rings is 1. The number of hydrogen-bond acceptors (Lipinski definition) is 8. The van der Waals surface area contributed by atoms with Crippen LogP contribution in [0, 0.1) is 13.8 Å². The summed E-state index contributed by atoms with van der Waals surface area (Å²) in [7, 11) is 0. The summed E-state index contributed by atoms with van der Waals surface area (Å²) < 4.78 is 7.50. The molecule has 2 aliphatic heterocycles. The summed E-state index contributed by atoms with van der Waals surface area (Å²) >= 11 is 0. The number of nitrogens with one attached hydrogen (secondary N) is 2. The van der Waals surface area contributed by atoms with Crippen LogP contribution in [0.25, 0.3) is 11.0 Å². The molecule has 2 aliphatic rings. The first-order valence-electron chi connectivity index (χ1n) is 10.7. The Labute approximate surface area is 175 Å². The Morgan fingerprint density at radius 1 is 1.23 bits per heavy atom. The Bertz CT molecular complexity index is 1060. The van der Waals surface area contributed by atoms with Gasteiger partial charge in [0.2, 0.25) is 5.95 Å². The highest BCUT2D eigenvalue weighted by atomic mass is 16.5. The predicted octanol–water partition coefficient (Wildman–Crippen LogP) is 2.17. The lowest BCUT2D eigenvalue weighted by Crippen LogP contribution is -2.44. The molecule has 2 fully saturated rings. The molecule has 0 aromatic carbocycles. The number of hydrogen-bond donors (Lipinski definition) is 2. The first-order valence-corrected chi connectivity index (χ1v) is 10.7. The van der Waals surface area contributed by atoms with Gasteiger partial charge in [-0.1, -0.05) is 6.07 Å². The van der Waals surface area contributed by atoms with Crippen molar-refractivity contribution < 1.29 is 4.74 Å². The van der Waals surface area contributed by atoms with E-state index in [1.165, 1.54) is 0 Å². The first kappa shape index (κ1) is 19.2. The standard InChI is InChI=1S/C21H28N8O/c1-4-30-9-8-29-19-18(14(3)27-29)25-21(28-12-15-10-16(28)11-22-15)26-20(19)24-17-7-5-6-13(2)23-17/h5-7,15-16,22H,4,8-12H2,1-3H3,(H,23,24,25,26)/t15-,16-/m0/s1. The van der Waals surface area contributed by atoms with Crippen molar-refractivity contribution in [1.29, 1.82) is 0 Å². The van der Waals surface area contributed by atoms with E-state index in [2.05, 4.69) is 20.5 Å². The molecule has 5 rings (SSSR count). The molecule has 5 heterocycles. The molecular weight excluding hydrogens is 380 g/mol. The van der Waals surface area contributed by atoms with Crippen molar-refractivity contribution in [3.05, 3.63) is 29.6 Å². The summed E-state index contributed by atoms with van der Waals surface area (Å²) in [5.41, 5.74) is 3.62. The van der Waals surface area contributed by atoms with E-state index in [0.717, 1.165) is 59.5 Å². The maximum Gasteiger partial charge on any atom is 0.228 e. The maximum absolute atomic E-state index is 5.56. The van der Waals surface area contributed by atoms with Crippen molar-refractivity contribution >= 4 is 28.6 Å². The van der Waals surface area contributed by atoms with E-state index in [9.17, 15) is 0 Å². The molecule has 0 amide bonds. The molecule has 3 aromatic rings. The van der Waals surface area contributed by atoms with Crippen molar-refractivity contribution in [2.75, 3.05) is 36.5 Å². The van der Waals surface area contributed by atoms with Gasteiger partial charge in [0.05, 0.1) is 18.8 Å². The van der Waals surface area contributed by atoms with Gasteiger partial charge in [-0.25, -0.2) is 9.97 Å². The van der Waals surface area contributed by atoms with Gasteiger partial charge in [0.1, 0.15) is 16.9 Å². The zero-order valence-corrected chi connectivity index (χ0v) is 17.7. The van der Waals surface area contributed by atoms with Crippen LogP contribution >= 0.6 is 0 Å². The minimum Gasteiger partial charge on any atom is -0.380 e. The third-order valence-electron chi connectivity index (χ3n) is 5.84. The van der Waals surface area contributed by atoms with Gasteiger partial charge in [-0.2, -0.15) is 10.1 Å². The molecule has 0 aliphatic carbocycles. The molecule has 9 heteroatoms. The summed E-state index contributed by atoms with van der Waals surface area (Å²) in [6.07, 6.45) is 1.15. The van der Waals surface area contributed by atoms with E-state index >= 15 is 0 Å². The molecule has 30 heavy (non-hydrogen) atoms. The van der Waals surface area contributed by atoms with Crippen LogP contribution in [0.3, 0.4) is 0 Å². The molecule has 2 atom stereocenters. The van der Waals surface area contributed by atoms with Crippen LogP contribution in [0.5, 0.6) is 0 Å². The number of ether oxygens (including phenoxy) is 1. The lowest BCUT2D eigenvalue weighted by molar-refractivity contribution is 0.137. The second-order valence-corrected chi connectivity index (χ2v) is 8.01. The Morgan fingerprint density at radius 3 is 2.87 bits per heavy atom. The van der Waals surface area contributed by atoms with E-state index in [4.69, 9.17) is 19.8 Å². The van der Waals surface area contributed by atoms with E-state index < -0.39 is 0 Å². The fourth-order valence-electron chi connectivity index (χ4n) is 4.43. The highest BCUT2D eigenvalue weighted by molar-refractivity contribution is 5.90. The van der Waals surface area contributed by atoms with Crippen LogP contribution in [0.2, 0.25) is 0 Å². The molecule has 158 valence electrons. The van der Waals surface area contributed by atoms with Gasteiger partial charge in [0.15, 0.2) is 5.82 Å². The molecule has 2 bridgehead atoms. The largest absolute Gasteiger partial charge is 0.380 e. The predicted molar refractivity (Wildman–Crippen MR) is 116 cm³/mol. The van der Waals surface area contributed by atoms with Crippen LogP contribution in [-0.4, -0.2) is 63.1 Å². The third kappa shape index (κ3) is 3.48. The second kappa shape index (κ2) is 7.81. The van der Waals surface area contributed by atoms with E-state index in [1.807, 2.05) is 43.7 Å². The quantitative estimate of drug-likeness (QED) is 0.575. The SMILES string of the molecule is CCOCCn1nc(C)c2nc(N3C[C@@H]4C[C@H]3CN4)nc(Nc3cccc(C)n3)c21. The zero-order valence-electron chi connectivity index (χ0n) is 17.7. The maximum atomic E-state index is 5.56. The van der Waals surface area contributed by atoms with Crippen molar-refractivity contribution in [3.8, 4) is 0 Å². The first-order chi connectivity index (χ1) is 14.6. The van der Waals surface area contributed by atoms with E-state index in [1.54, 1.807) is 0 Å². The lowest BCUT2D eigenvalue weighted by Gasteiger charge is -2.27. The molecule has 0 radical (unpaired) electrons. The van der Waals surface area contributed by atoms with E-state index in [0.29, 0.717) is 31.8 Å². The second-order valence-electron chi connectivity index (χ2n) is 8.01. The molecule has 2 N–H and O–H groups in total. The normalized spacial score (nSPS) is 20.4. The topological polar surface area (TPSA) is 93.0 Å². The van der Waals surface area contributed by atoms with Crippen molar-refractivity contribution in [1.82, 2.24) is 30.0 Å². The Hall–Kier alpha value is -2.78. The highest BCUT2D eigenvalue weighted by Crippen LogP contribution is 2.32. The van der Waals surface area contributed by atoms with Gasteiger partial charge in [-0.05, 0) is 39.3 Å². The number of nitrogens with zero attached hydrogens (tertiary/aromatic N) is 6. The summed E-state index contributed by atoms with van der Waals surface area (Å²) in [6.45, 7) is 9.84. The average Bonchev–Trinajstić information content (AvgIpc) is 3.43. The molecular formula is C21H28N8O. The van der Waals surface area contributed by atoms with Crippen LogP contribution in [0.4, 0.5) is 17.6 Å². The summed E-state index contributed by atoms with van der Waals surface area (Å²) in [5, 5.41) is 11.7. The number of pyridine rings is 1. The third-order valence-corrected chi connectivity index (χ3v) is 5.84. The average molecular weight is 409 g/mol. The van der Waals surface area contributed by atoms with E-state index in [-0.39, 0.29) is 0 Å². The summed E-state index contributed by atoms with van der Waals surface area (Å²) in [5.74, 6) is 2.26. The van der Waals surface area contributed by atoms with Crippen LogP contribution in [0.1, 0.15) is 24.7 Å². The van der Waals surface area contributed by atoms with Gasteiger partial charge in [0.25, 0.3) is 0 Å². The fourth-order valence-corrected chi connectivity index (χ4v) is 4.43.